The van der Waals surface area contributed by atoms with Crippen LogP contribution in [0.15, 0.2) is 223 Å². The molecule has 0 saturated heterocycles. The average Bonchev–Trinajstić information content (AvgIpc) is 3.86. The molecule has 0 fully saturated rings. The third-order valence-electron chi connectivity index (χ3n) is 11.0. The van der Waals surface area contributed by atoms with E-state index in [-0.39, 0.29) is 0 Å². The van der Waals surface area contributed by atoms with Crippen LogP contribution in [0.5, 0.6) is 0 Å². The topological polar surface area (TPSA) is 19.6 Å². The second kappa shape index (κ2) is 14.3. The van der Waals surface area contributed by atoms with Crippen molar-refractivity contribution in [2.75, 3.05) is 9.80 Å². The summed E-state index contributed by atoms with van der Waals surface area (Å²) in [6, 6.07) is 78.3. The quantitative estimate of drug-likeness (QED) is 0.154. The number of anilines is 6. The standard InChI is InChI=1S/C54H36N2OS/c1-4-14-37(15-5-1)38-24-27-43(28-25-38)55(41-16-6-2-7-17-41)45-32-40(39-26-30-52-49(34-39)47-20-10-12-22-51(47)57-52)33-46(35-45)56(42-18-8-3-9-19-42)44-29-31-54-50(36-44)48-21-11-13-23-53(48)58-54/h1-36H. The largest absolute Gasteiger partial charge is 0.456 e. The van der Waals surface area contributed by atoms with Gasteiger partial charge in [-0.15, -0.1) is 11.3 Å². The van der Waals surface area contributed by atoms with Gasteiger partial charge in [-0.05, 0) is 119 Å². The Morgan fingerprint density at radius 3 is 1.52 bits per heavy atom. The first-order chi connectivity index (χ1) is 28.7. The number of benzene rings is 9. The molecular formula is C54H36N2OS. The summed E-state index contributed by atoms with van der Waals surface area (Å²) in [6.07, 6.45) is 0. The molecule has 0 radical (unpaired) electrons. The molecule has 3 nitrogen and oxygen atoms in total. The van der Waals surface area contributed by atoms with Crippen LogP contribution in [0, 0.1) is 0 Å². The molecule has 11 aromatic rings. The van der Waals surface area contributed by atoms with Gasteiger partial charge in [0.2, 0.25) is 0 Å². The fraction of sp³-hybridized carbons (Fsp3) is 0. The Morgan fingerprint density at radius 1 is 0.276 bits per heavy atom. The zero-order chi connectivity index (χ0) is 38.4. The van der Waals surface area contributed by atoms with Gasteiger partial charge >= 0.3 is 0 Å². The van der Waals surface area contributed by atoms with Gasteiger partial charge in [0.1, 0.15) is 11.2 Å². The Morgan fingerprint density at radius 2 is 0.793 bits per heavy atom. The summed E-state index contributed by atoms with van der Waals surface area (Å²) in [6.45, 7) is 0. The van der Waals surface area contributed by atoms with E-state index >= 15 is 0 Å². The second-order valence-corrected chi connectivity index (χ2v) is 15.7. The highest BCUT2D eigenvalue weighted by atomic mass is 32.1. The van der Waals surface area contributed by atoms with E-state index in [9.17, 15) is 0 Å². The lowest BCUT2D eigenvalue weighted by molar-refractivity contribution is 0.669. The van der Waals surface area contributed by atoms with Crippen LogP contribution in [0.3, 0.4) is 0 Å². The highest BCUT2D eigenvalue weighted by Gasteiger charge is 2.21. The minimum absolute atomic E-state index is 0.882. The maximum absolute atomic E-state index is 6.28. The maximum atomic E-state index is 6.28. The van der Waals surface area contributed by atoms with Crippen LogP contribution in [-0.2, 0) is 0 Å². The minimum atomic E-state index is 0.882. The van der Waals surface area contributed by atoms with E-state index in [1.807, 2.05) is 23.5 Å². The molecule has 0 amide bonds. The lowest BCUT2D eigenvalue weighted by atomic mass is 9.99. The van der Waals surface area contributed by atoms with E-state index in [1.54, 1.807) is 0 Å². The molecule has 2 heterocycles. The van der Waals surface area contributed by atoms with Gasteiger partial charge in [0.05, 0.1) is 0 Å². The van der Waals surface area contributed by atoms with E-state index < -0.39 is 0 Å². The van der Waals surface area contributed by atoms with Crippen LogP contribution >= 0.6 is 11.3 Å². The molecule has 9 aromatic carbocycles. The van der Waals surface area contributed by atoms with Crippen molar-refractivity contribution in [3.8, 4) is 22.3 Å². The van der Waals surface area contributed by atoms with Crippen molar-refractivity contribution >= 4 is 87.6 Å². The molecule has 0 aliphatic carbocycles. The predicted octanol–water partition coefficient (Wildman–Crippen LogP) is 16.2. The van der Waals surface area contributed by atoms with Crippen molar-refractivity contribution in [3.05, 3.63) is 218 Å². The third kappa shape index (κ3) is 6.08. The van der Waals surface area contributed by atoms with E-state index in [2.05, 4.69) is 216 Å². The summed E-state index contributed by atoms with van der Waals surface area (Å²) in [5.41, 5.74) is 12.8. The van der Waals surface area contributed by atoms with Gasteiger partial charge in [0.15, 0.2) is 0 Å². The van der Waals surface area contributed by atoms with E-state index in [0.29, 0.717) is 0 Å². The van der Waals surface area contributed by atoms with Crippen LogP contribution in [0.2, 0.25) is 0 Å². The van der Waals surface area contributed by atoms with Gasteiger partial charge < -0.3 is 14.2 Å². The van der Waals surface area contributed by atoms with Crippen molar-refractivity contribution in [2.45, 2.75) is 0 Å². The van der Waals surface area contributed by atoms with E-state index in [4.69, 9.17) is 4.42 Å². The van der Waals surface area contributed by atoms with Gasteiger partial charge in [-0.25, -0.2) is 0 Å². The number of para-hydroxylation sites is 3. The Kier molecular flexibility index (Phi) is 8.34. The predicted molar refractivity (Wildman–Crippen MR) is 247 cm³/mol. The summed E-state index contributed by atoms with van der Waals surface area (Å²) < 4.78 is 8.86. The number of hydrogen-bond donors (Lipinski definition) is 0. The summed E-state index contributed by atoms with van der Waals surface area (Å²) >= 11 is 1.84. The molecule has 0 aliphatic heterocycles. The zero-order valence-electron chi connectivity index (χ0n) is 31.5. The van der Waals surface area contributed by atoms with E-state index in [0.717, 1.165) is 67.2 Å². The minimum Gasteiger partial charge on any atom is -0.456 e. The number of rotatable bonds is 8. The zero-order valence-corrected chi connectivity index (χ0v) is 32.3. The Hall–Kier alpha value is -7.40. The molecule has 58 heavy (non-hydrogen) atoms. The summed E-state index contributed by atoms with van der Waals surface area (Å²) in [5, 5.41) is 4.76. The number of thiophene rings is 1. The highest BCUT2D eigenvalue weighted by Crippen LogP contribution is 2.45. The first kappa shape index (κ1) is 33.9. The Labute approximate surface area is 340 Å². The van der Waals surface area contributed by atoms with Crippen LogP contribution in [-0.4, -0.2) is 0 Å². The molecule has 0 atom stereocenters. The number of hydrogen-bond acceptors (Lipinski definition) is 4. The van der Waals surface area contributed by atoms with Crippen molar-refractivity contribution < 1.29 is 4.42 Å². The van der Waals surface area contributed by atoms with Crippen molar-refractivity contribution in [2.24, 2.45) is 0 Å². The maximum Gasteiger partial charge on any atom is 0.135 e. The van der Waals surface area contributed by atoms with Gasteiger partial charge in [-0.1, -0.05) is 121 Å². The normalized spacial score (nSPS) is 11.4. The fourth-order valence-electron chi connectivity index (χ4n) is 8.26. The number of nitrogens with zero attached hydrogens (tertiary/aromatic N) is 2. The molecule has 274 valence electrons. The molecule has 2 aromatic heterocycles. The average molecular weight is 761 g/mol. The molecule has 0 N–H and O–H groups in total. The Balaban J connectivity index is 1.15. The molecule has 0 aliphatic rings. The van der Waals surface area contributed by atoms with E-state index in [1.165, 1.54) is 31.3 Å². The fourth-order valence-corrected chi connectivity index (χ4v) is 9.35. The lowest BCUT2D eigenvalue weighted by Crippen LogP contribution is -2.13. The second-order valence-electron chi connectivity index (χ2n) is 14.6. The van der Waals surface area contributed by atoms with Gasteiger partial charge in [0, 0.05) is 65.1 Å². The smallest absolute Gasteiger partial charge is 0.135 e. The van der Waals surface area contributed by atoms with Crippen LogP contribution in [0.4, 0.5) is 34.1 Å². The first-order valence-electron chi connectivity index (χ1n) is 19.6. The van der Waals surface area contributed by atoms with Crippen LogP contribution in [0.1, 0.15) is 0 Å². The monoisotopic (exact) mass is 760 g/mol. The third-order valence-corrected chi connectivity index (χ3v) is 12.2. The van der Waals surface area contributed by atoms with Crippen molar-refractivity contribution in [1.29, 1.82) is 0 Å². The lowest BCUT2D eigenvalue weighted by Gasteiger charge is -2.30. The molecule has 11 rings (SSSR count). The van der Waals surface area contributed by atoms with Gasteiger partial charge in [0.25, 0.3) is 0 Å². The molecule has 0 bridgehead atoms. The highest BCUT2D eigenvalue weighted by molar-refractivity contribution is 7.25. The van der Waals surface area contributed by atoms with Crippen molar-refractivity contribution in [3.63, 3.8) is 0 Å². The van der Waals surface area contributed by atoms with Crippen LogP contribution < -0.4 is 9.80 Å². The Bertz CT molecular complexity index is 3220. The SMILES string of the molecule is c1ccc(-c2ccc(N(c3ccccc3)c3cc(-c4ccc5oc6ccccc6c5c4)cc(N(c4ccccc4)c4ccc5sc6ccccc6c5c4)c3)cc2)cc1. The van der Waals surface area contributed by atoms with Gasteiger partial charge in [-0.3, -0.25) is 0 Å². The number of furan rings is 1. The van der Waals surface area contributed by atoms with Crippen molar-refractivity contribution in [1.82, 2.24) is 0 Å². The van der Waals surface area contributed by atoms with Crippen LogP contribution in [0.25, 0.3) is 64.4 Å². The molecular weight excluding hydrogens is 725 g/mol. The first-order valence-corrected chi connectivity index (χ1v) is 20.4. The summed E-state index contributed by atoms with van der Waals surface area (Å²) in [5.74, 6) is 0. The molecule has 0 unspecified atom stereocenters. The molecule has 0 saturated carbocycles. The summed E-state index contributed by atoms with van der Waals surface area (Å²) in [7, 11) is 0. The molecule has 0 spiro atoms. The number of fused-ring (bicyclic) bond motifs is 6. The summed E-state index contributed by atoms with van der Waals surface area (Å²) in [4.78, 5) is 4.76. The van der Waals surface area contributed by atoms with Gasteiger partial charge in [-0.2, -0.15) is 0 Å². The molecule has 4 heteroatoms.